The minimum Gasteiger partial charge on any atom is -0.325 e. The van der Waals surface area contributed by atoms with E-state index in [1.807, 2.05) is 31.2 Å². The maximum absolute atomic E-state index is 12.2. The molecular weight excluding hydrogens is 344 g/mol. The monoisotopic (exact) mass is 362 g/mol. The minimum absolute atomic E-state index is 0.117. The number of para-hydroxylation sites is 1. The molecule has 24 heavy (non-hydrogen) atoms. The van der Waals surface area contributed by atoms with Gasteiger partial charge in [-0.25, -0.2) is 0 Å². The van der Waals surface area contributed by atoms with Crippen molar-refractivity contribution in [3.05, 3.63) is 59.1 Å². The Morgan fingerprint density at radius 2 is 1.75 bits per heavy atom. The molecule has 0 bridgehead atoms. The molecule has 0 heterocycles. The largest absolute Gasteiger partial charge is 0.325 e. The SMILES string of the molecule is Cc1ccccc1NC(=O)C(C)SCC(=O)Nc1ccc(Cl)cc1. The number of hydrogen-bond donors (Lipinski definition) is 2. The zero-order chi connectivity index (χ0) is 17.5. The lowest BCUT2D eigenvalue weighted by atomic mass is 10.2. The van der Waals surface area contributed by atoms with Crippen molar-refractivity contribution in [1.82, 2.24) is 0 Å². The lowest BCUT2D eigenvalue weighted by Crippen LogP contribution is -2.25. The predicted molar refractivity (Wildman–Crippen MR) is 102 cm³/mol. The highest BCUT2D eigenvalue weighted by atomic mass is 35.5. The summed E-state index contributed by atoms with van der Waals surface area (Å²) in [6.07, 6.45) is 0. The van der Waals surface area contributed by atoms with Gasteiger partial charge in [-0.3, -0.25) is 9.59 Å². The van der Waals surface area contributed by atoms with Crippen LogP contribution in [0.4, 0.5) is 11.4 Å². The standard InChI is InChI=1S/C18H19ClN2O2S/c1-12-5-3-4-6-16(12)21-18(23)13(2)24-11-17(22)20-15-9-7-14(19)8-10-15/h3-10,13H,11H2,1-2H3,(H,20,22)(H,21,23). The Morgan fingerprint density at radius 1 is 1.08 bits per heavy atom. The zero-order valence-corrected chi connectivity index (χ0v) is 15.1. The van der Waals surface area contributed by atoms with Gasteiger partial charge in [0.25, 0.3) is 0 Å². The first-order valence-electron chi connectivity index (χ1n) is 7.49. The highest BCUT2D eigenvalue weighted by molar-refractivity contribution is 8.01. The van der Waals surface area contributed by atoms with Gasteiger partial charge in [0.2, 0.25) is 11.8 Å². The number of anilines is 2. The summed E-state index contributed by atoms with van der Waals surface area (Å²) in [6.45, 7) is 3.72. The first-order valence-corrected chi connectivity index (χ1v) is 8.92. The van der Waals surface area contributed by atoms with Crippen molar-refractivity contribution in [3.63, 3.8) is 0 Å². The third-order valence-electron chi connectivity index (χ3n) is 3.36. The van der Waals surface area contributed by atoms with E-state index >= 15 is 0 Å². The molecule has 0 saturated carbocycles. The Bertz CT molecular complexity index is 719. The fourth-order valence-corrected chi connectivity index (χ4v) is 2.76. The normalized spacial score (nSPS) is 11.6. The van der Waals surface area contributed by atoms with E-state index < -0.39 is 0 Å². The quantitative estimate of drug-likeness (QED) is 0.803. The molecule has 0 fully saturated rings. The highest BCUT2D eigenvalue weighted by Gasteiger charge is 2.16. The number of halogens is 1. The van der Waals surface area contributed by atoms with Gasteiger partial charge < -0.3 is 10.6 Å². The van der Waals surface area contributed by atoms with Gasteiger partial charge in [-0.1, -0.05) is 29.8 Å². The highest BCUT2D eigenvalue weighted by Crippen LogP contribution is 2.18. The summed E-state index contributed by atoms with van der Waals surface area (Å²) in [4.78, 5) is 24.1. The van der Waals surface area contributed by atoms with Crippen LogP contribution in [0.25, 0.3) is 0 Å². The van der Waals surface area contributed by atoms with Gasteiger partial charge in [0.05, 0.1) is 11.0 Å². The van der Waals surface area contributed by atoms with E-state index in [1.165, 1.54) is 11.8 Å². The Hall–Kier alpha value is -1.98. The van der Waals surface area contributed by atoms with E-state index in [9.17, 15) is 9.59 Å². The Kier molecular flexibility index (Phi) is 6.70. The zero-order valence-electron chi connectivity index (χ0n) is 13.5. The van der Waals surface area contributed by atoms with Gasteiger partial charge in [-0.15, -0.1) is 11.8 Å². The third kappa shape index (κ3) is 5.58. The summed E-state index contributed by atoms with van der Waals surface area (Å²) in [5.74, 6) is -0.0724. The molecule has 0 saturated heterocycles. The maximum Gasteiger partial charge on any atom is 0.237 e. The fraction of sp³-hybridized carbons (Fsp3) is 0.222. The van der Waals surface area contributed by atoms with Crippen LogP contribution in [0.1, 0.15) is 12.5 Å². The Balaban J connectivity index is 1.80. The molecule has 126 valence electrons. The van der Waals surface area contributed by atoms with Crippen LogP contribution in [0.15, 0.2) is 48.5 Å². The molecule has 2 aromatic rings. The predicted octanol–water partition coefficient (Wildman–Crippen LogP) is 4.35. The van der Waals surface area contributed by atoms with Crippen molar-refractivity contribution in [2.75, 3.05) is 16.4 Å². The molecule has 0 aliphatic carbocycles. The second-order valence-corrected chi connectivity index (χ2v) is 7.08. The van der Waals surface area contributed by atoms with Gasteiger partial charge in [0.15, 0.2) is 0 Å². The molecule has 0 aliphatic rings. The Labute approximate surface area is 151 Å². The topological polar surface area (TPSA) is 58.2 Å². The molecule has 2 amide bonds. The van der Waals surface area contributed by atoms with Gasteiger partial charge in [-0.2, -0.15) is 0 Å². The van der Waals surface area contributed by atoms with Crippen LogP contribution in [-0.2, 0) is 9.59 Å². The van der Waals surface area contributed by atoms with E-state index in [0.29, 0.717) is 10.7 Å². The average Bonchev–Trinajstić information content (AvgIpc) is 2.56. The van der Waals surface area contributed by atoms with Crippen molar-refractivity contribution >= 4 is 46.6 Å². The summed E-state index contributed by atoms with van der Waals surface area (Å²) in [6, 6.07) is 14.5. The summed E-state index contributed by atoms with van der Waals surface area (Å²) >= 11 is 7.09. The number of thioether (sulfide) groups is 1. The number of amides is 2. The number of aryl methyl sites for hydroxylation is 1. The average molecular weight is 363 g/mol. The first-order chi connectivity index (χ1) is 11.5. The van der Waals surface area contributed by atoms with Crippen molar-refractivity contribution in [2.24, 2.45) is 0 Å². The van der Waals surface area contributed by atoms with Crippen LogP contribution in [0, 0.1) is 6.92 Å². The van der Waals surface area contributed by atoms with Gasteiger partial charge >= 0.3 is 0 Å². The molecule has 2 aromatic carbocycles. The summed E-state index contributed by atoms with van der Waals surface area (Å²) in [5.41, 5.74) is 2.48. The van der Waals surface area contributed by atoms with E-state index in [4.69, 9.17) is 11.6 Å². The van der Waals surface area contributed by atoms with Crippen molar-refractivity contribution in [3.8, 4) is 0 Å². The molecule has 1 unspecified atom stereocenters. The number of benzene rings is 2. The second-order valence-electron chi connectivity index (χ2n) is 5.31. The van der Waals surface area contributed by atoms with Gasteiger partial charge in [0.1, 0.15) is 0 Å². The lowest BCUT2D eigenvalue weighted by molar-refractivity contribution is -0.115. The number of carbonyl (C=O) groups excluding carboxylic acids is 2. The molecule has 0 aromatic heterocycles. The summed E-state index contributed by atoms with van der Waals surface area (Å²) in [5, 5.41) is 5.94. The lowest BCUT2D eigenvalue weighted by Gasteiger charge is -2.13. The fourth-order valence-electron chi connectivity index (χ4n) is 1.95. The minimum atomic E-state index is -0.333. The number of carbonyl (C=O) groups is 2. The first kappa shape index (κ1) is 18.4. The van der Waals surface area contributed by atoms with E-state index in [-0.39, 0.29) is 22.8 Å². The van der Waals surface area contributed by atoms with Crippen LogP contribution in [0.3, 0.4) is 0 Å². The molecule has 4 nitrogen and oxygen atoms in total. The second kappa shape index (κ2) is 8.76. The number of nitrogens with one attached hydrogen (secondary N) is 2. The molecular formula is C18H19ClN2O2S. The smallest absolute Gasteiger partial charge is 0.237 e. The Morgan fingerprint density at radius 3 is 2.42 bits per heavy atom. The number of hydrogen-bond acceptors (Lipinski definition) is 3. The van der Waals surface area contributed by atoms with Crippen LogP contribution in [-0.4, -0.2) is 22.8 Å². The molecule has 6 heteroatoms. The third-order valence-corrected chi connectivity index (χ3v) is 4.76. The van der Waals surface area contributed by atoms with Gasteiger partial charge in [0, 0.05) is 16.4 Å². The molecule has 0 aliphatic heterocycles. The van der Waals surface area contributed by atoms with Crippen LogP contribution in [0.5, 0.6) is 0 Å². The van der Waals surface area contributed by atoms with Crippen LogP contribution < -0.4 is 10.6 Å². The van der Waals surface area contributed by atoms with Crippen LogP contribution >= 0.6 is 23.4 Å². The van der Waals surface area contributed by atoms with Crippen molar-refractivity contribution in [2.45, 2.75) is 19.1 Å². The molecule has 1 atom stereocenters. The van der Waals surface area contributed by atoms with Crippen LogP contribution in [0.2, 0.25) is 5.02 Å². The van der Waals surface area contributed by atoms with E-state index in [0.717, 1.165) is 11.3 Å². The maximum atomic E-state index is 12.2. The van der Waals surface area contributed by atoms with E-state index in [1.54, 1.807) is 31.2 Å². The molecule has 0 radical (unpaired) electrons. The summed E-state index contributed by atoms with van der Waals surface area (Å²) in [7, 11) is 0. The molecule has 2 rings (SSSR count). The van der Waals surface area contributed by atoms with Crippen molar-refractivity contribution < 1.29 is 9.59 Å². The van der Waals surface area contributed by atoms with Crippen molar-refractivity contribution in [1.29, 1.82) is 0 Å². The molecule has 2 N–H and O–H groups in total. The molecule has 0 spiro atoms. The van der Waals surface area contributed by atoms with E-state index in [2.05, 4.69) is 10.6 Å². The summed E-state index contributed by atoms with van der Waals surface area (Å²) < 4.78 is 0. The van der Waals surface area contributed by atoms with Gasteiger partial charge in [-0.05, 0) is 49.7 Å². The number of rotatable bonds is 6.